The molecule has 1 rings (SSSR count). The van der Waals surface area contributed by atoms with Crippen molar-refractivity contribution < 1.29 is 23.9 Å². The Morgan fingerprint density at radius 1 is 1.20 bits per heavy atom. The standard InChI is InChI=1S/C16H22ClN3O5/c1-5-8-20(15(23)25-16(2,3)4)9-14(22)24-10-12(21)11-6-7-13(17)19-18-11/h6-7H,5,8-10H2,1-4H3. The normalized spacial score (nSPS) is 10.9. The van der Waals surface area contributed by atoms with Gasteiger partial charge in [-0.15, -0.1) is 10.2 Å². The van der Waals surface area contributed by atoms with Crippen molar-refractivity contribution in [3.63, 3.8) is 0 Å². The van der Waals surface area contributed by atoms with Crippen LogP contribution in [0.2, 0.25) is 5.15 Å². The van der Waals surface area contributed by atoms with Crippen molar-refractivity contribution in [1.82, 2.24) is 15.1 Å². The van der Waals surface area contributed by atoms with Crippen LogP contribution in [-0.2, 0) is 14.3 Å². The zero-order valence-corrected chi connectivity index (χ0v) is 15.5. The van der Waals surface area contributed by atoms with Crippen LogP contribution in [0.1, 0.15) is 44.6 Å². The third-order valence-corrected chi connectivity index (χ3v) is 2.95. The lowest BCUT2D eigenvalue weighted by Gasteiger charge is -2.26. The second-order valence-electron chi connectivity index (χ2n) is 6.23. The van der Waals surface area contributed by atoms with E-state index in [9.17, 15) is 14.4 Å². The first-order valence-electron chi connectivity index (χ1n) is 7.78. The third-order valence-electron chi connectivity index (χ3n) is 2.75. The number of esters is 1. The number of ether oxygens (including phenoxy) is 2. The first-order valence-corrected chi connectivity index (χ1v) is 8.16. The molecule has 0 saturated heterocycles. The van der Waals surface area contributed by atoms with Gasteiger partial charge in [0.15, 0.2) is 11.8 Å². The molecule has 1 heterocycles. The van der Waals surface area contributed by atoms with E-state index in [1.165, 1.54) is 17.0 Å². The van der Waals surface area contributed by atoms with Crippen LogP contribution >= 0.6 is 11.6 Å². The number of amides is 1. The third kappa shape index (κ3) is 7.93. The van der Waals surface area contributed by atoms with Gasteiger partial charge in [0, 0.05) is 6.54 Å². The second kappa shape index (κ2) is 9.31. The highest BCUT2D eigenvalue weighted by Gasteiger charge is 2.24. The number of rotatable bonds is 7. The highest BCUT2D eigenvalue weighted by atomic mass is 35.5. The molecule has 1 aromatic rings. The highest BCUT2D eigenvalue weighted by Crippen LogP contribution is 2.10. The van der Waals surface area contributed by atoms with Crippen molar-refractivity contribution in [1.29, 1.82) is 0 Å². The summed E-state index contributed by atoms with van der Waals surface area (Å²) in [5.41, 5.74) is -0.634. The van der Waals surface area contributed by atoms with Gasteiger partial charge in [0.2, 0.25) is 5.78 Å². The van der Waals surface area contributed by atoms with E-state index < -0.39 is 30.1 Å². The molecule has 0 unspecified atom stereocenters. The number of Topliss-reactive ketones (excluding diaryl/α,β-unsaturated/α-hetero) is 1. The molecule has 9 heteroatoms. The van der Waals surface area contributed by atoms with Crippen LogP contribution < -0.4 is 0 Å². The molecule has 8 nitrogen and oxygen atoms in total. The fraction of sp³-hybridized carbons (Fsp3) is 0.562. The molecule has 25 heavy (non-hydrogen) atoms. The van der Waals surface area contributed by atoms with Crippen LogP contribution in [0, 0.1) is 0 Å². The Balaban J connectivity index is 2.55. The van der Waals surface area contributed by atoms with Crippen molar-refractivity contribution in [2.24, 2.45) is 0 Å². The van der Waals surface area contributed by atoms with E-state index >= 15 is 0 Å². The van der Waals surface area contributed by atoms with Crippen molar-refractivity contribution in [2.45, 2.75) is 39.7 Å². The lowest BCUT2D eigenvalue weighted by atomic mass is 10.2. The summed E-state index contributed by atoms with van der Waals surface area (Å²) in [6.07, 6.45) is 0.0347. The maximum atomic E-state index is 12.1. The van der Waals surface area contributed by atoms with Gasteiger partial charge in [-0.05, 0) is 39.3 Å². The summed E-state index contributed by atoms with van der Waals surface area (Å²) < 4.78 is 10.1. The number of carbonyl (C=O) groups excluding carboxylic acids is 3. The minimum Gasteiger partial charge on any atom is -0.456 e. The predicted octanol–water partition coefficient (Wildman–Crippen LogP) is 2.50. The maximum absolute atomic E-state index is 12.1. The molecule has 0 radical (unpaired) electrons. The molecule has 0 N–H and O–H groups in total. The van der Waals surface area contributed by atoms with E-state index in [1.54, 1.807) is 20.8 Å². The average Bonchev–Trinajstić information content (AvgIpc) is 2.51. The van der Waals surface area contributed by atoms with Crippen molar-refractivity contribution in [3.05, 3.63) is 23.0 Å². The summed E-state index contributed by atoms with van der Waals surface area (Å²) >= 11 is 5.59. The molecule has 1 aromatic heterocycles. The van der Waals surface area contributed by atoms with Gasteiger partial charge in [0.25, 0.3) is 0 Å². The van der Waals surface area contributed by atoms with Crippen LogP contribution in [0.3, 0.4) is 0 Å². The Morgan fingerprint density at radius 3 is 2.40 bits per heavy atom. The molecule has 0 fully saturated rings. The Hall–Kier alpha value is -2.22. The van der Waals surface area contributed by atoms with Gasteiger partial charge in [0.05, 0.1) is 0 Å². The molecule has 0 atom stereocenters. The zero-order valence-electron chi connectivity index (χ0n) is 14.7. The summed E-state index contributed by atoms with van der Waals surface area (Å²) in [4.78, 5) is 37.1. The van der Waals surface area contributed by atoms with Gasteiger partial charge in [-0.2, -0.15) is 0 Å². The fourth-order valence-corrected chi connectivity index (χ4v) is 1.82. The van der Waals surface area contributed by atoms with Gasteiger partial charge < -0.3 is 9.47 Å². The average molecular weight is 372 g/mol. The summed E-state index contributed by atoms with van der Waals surface area (Å²) in [7, 11) is 0. The number of nitrogens with zero attached hydrogens (tertiary/aromatic N) is 3. The van der Waals surface area contributed by atoms with E-state index in [-0.39, 0.29) is 17.4 Å². The van der Waals surface area contributed by atoms with Gasteiger partial charge in [-0.1, -0.05) is 18.5 Å². The summed E-state index contributed by atoms with van der Waals surface area (Å²) in [5, 5.41) is 7.30. The van der Waals surface area contributed by atoms with Crippen LogP contribution in [0.25, 0.3) is 0 Å². The SMILES string of the molecule is CCCN(CC(=O)OCC(=O)c1ccc(Cl)nn1)C(=O)OC(C)(C)C. The van der Waals surface area contributed by atoms with Gasteiger partial charge in [-0.3, -0.25) is 14.5 Å². The molecule has 0 aliphatic rings. The van der Waals surface area contributed by atoms with Crippen LogP contribution in [0.15, 0.2) is 12.1 Å². The van der Waals surface area contributed by atoms with E-state index in [2.05, 4.69) is 10.2 Å². The molecule has 0 saturated carbocycles. The molecule has 0 aliphatic heterocycles. The zero-order chi connectivity index (χ0) is 19.0. The molecule has 0 spiro atoms. The lowest BCUT2D eigenvalue weighted by Crippen LogP contribution is -2.41. The molecular formula is C16H22ClN3O5. The van der Waals surface area contributed by atoms with Crippen molar-refractivity contribution >= 4 is 29.4 Å². The second-order valence-corrected chi connectivity index (χ2v) is 6.61. The molecule has 138 valence electrons. The van der Waals surface area contributed by atoms with E-state index in [0.717, 1.165) is 0 Å². The van der Waals surface area contributed by atoms with E-state index in [4.69, 9.17) is 21.1 Å². The maximum Gasteiger partial charge on any atom is 0.410 e. The number of hydrogen-bond acceptors (Lipinski definition) is 7. The topological polar surface area (TPSA) is 98.7 Å². The molecule has 0 bridgehead atoms. The summed E-state index contributed by atoms with van der Waals surface area (Å²) in [6.45, 7) is 6.61. The Kier molecular flexibility index (Phi) is 7.76. The first-order chi connectivity index (χ1) is 11.6. The van der Waals surface area contributed by atoms with Crippen LogP contribution in [-0.4, -0.2) is 58.2 Å². The molecule has 0 aromatic carbocycles. The predicted molar refractivity (Wildman–Crippen MR) is 90.4 cm³/mol. The number of halogens is 1. The molecule has 1 amide bonds. The van der Waals surface area contributed by atoms with Crippen molar-refractivity contribution in [3.8, 4) is 0 Å². The van der Waals surface area contributed by atoms with Crippen LogP contribution in [0.4, 0.5) is 4.79 Å². The fourth-order valence-electron chi connectivity index (χ4n) is 1.72. The van der Waals surface area contributed by atoms with Gasteiger partial charge in [-0.25, -0.2) is 4.79 Å². The molecule has 0 aliphatic carbocycles. The minimum atomic E-state index is -0.713. The van der Waals surface area contributed by atoms with E-state index in [0.29, 0.717) is 13.0 Å². The number of hydrogen-bond donors (Lipinski definition) is 0. The van der Waals surface area contributed by atoms with Crippen LogP contribution in [0.5, 0.6) is 0 Å². The van der Waals surface area contributed by atoms with E-state index in [1.807, 2.05) is 6.92 Å². The quantitative estimate of drug-likeness (QED) is 0.536. The lowest BCUT2D eigenvalue weighted by molar-refractivity contribution is -0.143. The summed E-state index contributed by atoms with van der Waals surface area (Å²) in [6, 6.07) is 2.80. The Morgan fingerprint density at radius 2 is 1.88 bits per heavy atom. The number of ketones is 1. The monoisotopic (exact) mass is 371 g/mol. The summed E-state index contributed by atoms with van der Waals surface area (Å²) in [5.74, 6) is -1.23. The highest BCUT2D eigenvalue weighted by molar-refractivity contribution is 6.29. The first kappa shape index (κ1) is 20.8. The Bertz CT molecular complexity index is 613. The van der Waals surface area contributed by atoms with Crippen molar-refractivity contribution in [2.75, 3.05) is 19.7 Å². The largest absolute Gasteiger partial charge is 0.456 e. The smallest absolute Gasteiger partial charge is 0.410 e. The minimum absolute atomic E-state index is 0.0368. The molecular weight excluding hydrogens is 350 g/mol. The number of carbonyl (C=O) groups is 3. The number of aromatic nitrogens is 2. The van der Waals surface area contributed by atoms with Gasteiger partial charge in [0.1, 0.15) is 17.8 Å². The van der Waals surface area contributed by atoms with Gasteiger partial charge >= 0.3 is 12.1 Å². The Labute approximate surface area is 151 Å².